The van der Waals surface area contributed by atoms with Crippen LogP contribution in [0.1, 0.15) is 25.0 Å². The number of hydrogen-bond acceptors (Lipinski definition) is 2. The van der Waals surface area contributed by atoms with Gasteiger partial charge in [0.1, 0.15) is 13.8 Å². The number of para-hydroxylation sites is 2. The molecule has 0 N–H and O–H groups in total. The molecule has 214 valence electrons. The monoisotopic (exact) mass is 585 g/mol. The van der Waals surface area contributed by atoms with Crippen molar-refractivity contribution in [3.8, 4) is 33.8 Å². The zero-order chi connectivity index (χ0) is 30.1. The molecule has 8 rings (SSSR count). The van der Waals surface area contributed by atoms with Crippen LogP contribution in [0, 0.1) is 0 Å². The summed E-state index contributed by atoms with van der Waals surface area (Å²) in [7, 11) is -2.00. The smallest absolute Gasteiger partial charge is 0.151 e. The molecule has 0 spiro atoms. The molecule has 0 saturated heterocycles. The molecule has 0 saturated carbocycles. The Morgan fingerprint density at radius 2 is 1.18 bits per heavy atom. The Hall–Kier alpha value is -4.86. The van der Waals surface area contributed by atoms with Gasteiger partial charge in [-0.3, -0.25) is 0 Å². The number of anilines is 3. The second kappa shape index (κ2) is 9.83. The maximum Gasteiger partial charge on any atom is 0.151 e. The summed E-state index contributed by atoms with van der Waals surface area (Å²) in [6.45, 7) is 9.56. The Morgan fingerprint density at radius 1 is 0.545 bits per heavy atom. The zero-order valence-corrected chi connectivity index (χ0v) is 26.6. The Morgan fingerprint density at radius 3 is 2.00 bits per heavy atom. The average Bonchev–Trinajstić information content (AvgIpc) is 3.28. The molecular formula is C41H35NOSi. The van der Waals surface area contributed by atoms with Crippen LogP contribution in [0.2, 0.25) is 13.1 Å². The summed E-state index contributed by atoms with van der Waals surface area (Å²) in [4.78, 5) is 2.39. The van der Waals surface area contributed by atoms with Crippen LogP contribution < -0.4 is 20.0 Å². The normalized spacial score (nSPS) is 14.9. The number of rotatable bonds is 4. The van der Waals surface area contributed by atoms with E-state index in [9.17, 15) is 0 Å². The lowest BCUT2D eigenvalue weighted by atomic mass is 9.82. The van der Waals surface area contributed by atoms with Gasteiger partial charge >= 0.3 is 0 Å². The molecule has 0 bridgehead atoms. The summed E-state index contributed by atoms with van der Waals surface area (Å²) in [6, 6.07) is 50.7. The molecule has 0 unspecified atom stereocenters. The van der Waals surface area contributed by atoms with Crippen LogP contribution in [0.15, 0.2) is 140 Å². The molecule has 6 aromatic carbocycles. The number of fused-ring (bicyclic) bond motifs is 5. The Kier molecular flexibility index (Phi) is 5.98. The molecule has 0 fully saturated rings. The largest absolute Gasteiger partial charge is 0.455 e. The topological polar surface area (TPSA) is 12.5 Å². The molecular weight excluding hydrogens is 551 g/mol. The van der Waals surface area contributed by atoms with Crippen LogP contribution >= 0.6 is 0 Å². The SMILES string of the molecule is CC1(C)c2ccccc2-c2ccc(N(c3ccc(-c4ccccc4)cc3)c3cccc4c3Oc3ccccc3[Si]4(C)C)cc21. The predicted molar refractivity (Wildman–Crippen MR) is 187 cm³/mol. The summed E-state index contributed by atoms with van der Waals surface area (Å²) in [5.41, 5.74) is 11.0. The maximum atomic E-state index is 6.84. The van der Waals surface area contributed by atoms with Gasteiger partial charge in [0, 0.05) is 16.8 Å². The molecule has 2 nitrogen and oxygen atoms in total. The highest BCUT2D eigenvalue weighted by atomic mass is 28.3. The van der Waals surface area contributed by atoms with Gasteiger partial charge in [-0.1, -0.05) is 130 Å². The van der Waals surface area contributed by atoms with Crippen LogP contribution in [0.5, 0.6) is 11.5 Å². The summed E-state index contributed by atoms with van der Waals surface area (Å²) in [6.07, 6.45) is 0. The van der Waals surface area contributed by atoms with Crippen molar-refractivity contribution in [3.05, 3.63) is 151 Å². The van der Waals surface area contributed by atoms with Gasteiger partial charge in [0.2, 0.25) is 0 Å². The van der Waals surface area contributed by atoms with E-state index in [1.165, 1.54) is 43.8 Å². The fraction of sp³-hybridized carbons (Fsp3) is 0.122. The van der Waals surface area contributed by atoms with E-state index in [2.05, 4.69) is 171 Å². The maximum absolute atomic E-state index is 6.84. The molecule has 1 aliphatic heterocycles. The van der Waals surface area contributed by atoms with Gasteiger partial charge in [-0.2, -0.15) is 0 Å². The molecule has 0 radical (unpaired) electrons. The number of ether oxygens (including phenoxy) is 1. The van der Waals surface area contributed by atoms with Crippen LogP contribution in [-0.4, -0.2) is 8.07 Å². The Labute approximate surface area is 261 Å². The first-order valence-electron chi connectivity index (χ1n) is 15.4. The van der Waals surface area contributed by atoms with Gasteiger partial charge in [-0.15, -0.1) is 0 Å². The highest BCUT2D eigenvalue weighted by Crippen LogP contribution is 2.51. The molecule has 2 aliphatic rings. The lowest BCUT2D eigenvalue weighted by Gasteiger charge is -2.36. The van der Waals surface area contributed by atoms with Crippen molar-refractivity contribution in [2.45, 2.75) is 32.4 Å². The van der Waals surface area contributed by atoms with Gasteiger partial charge in [0.15, 0.2) is 5.75 Å². The Bertz CT molecular complexity index is 2040. The van der Waals surface area contributed by atoms with Crippen molar-refractivity contribution < 1.29 is 4.74 Å². The molecule has 44 heavy (non-hydrogen) atoms. The third-order valence-electron chi connectivity index (χ3n) is 9.74. The summed E-state index contributed by atoms with van der Waals surface area (Å²) in [5, 5.41) is 2.67. The zero-order valence-electron chi connectivity index (χ0n) is 25.6. The van der Waals surface area contributed by atoms with Crippen LogP contribution in [0.3, 0.4) is 0 Å². The van der Waals surface area contributed by atoms with E-state index in [4.69, 9.17) is 4.74 Å². The first kappa shape index (κ1) is 26.7. The highest BCUT2D eigenvalue weighted by molar-refractivity contribution is 7.01. The van der Waals surface area contributed by atoms with Crippen LogP contribution in [0.4, 0.5) is 17.1 Å². The lowest BCUT2D eigenvalue weighted by Crippen LogP contribution is -2.56. The minimum absolute atomic E-state index is 0.0920. The minimum atomic E-state index is -2.00. The van der Waals surface area contributed by atoms with Gasteiger partial charge in [-0.05, 0) is 80.2 Å². The lowest BCUT2D eigenvalue weighted by molar-refractivity contribution is 0.488. The Balaban J connectivity index is 1.33. The van der Waals surface area contributed by atoms with E-state index in [0.717, 1.165) is 28.6 Å². The third kappa shape index (κ3) is 4.00. The minimum Gasteiger partial charge on any atom is -0.455 e. The fourth-order valence-electron chi connectivity index (χ4n) is 7.32. The van der Waals surface area contributed by atoms with Gasteiger partial charge in [-0.25, -0.2) is 0 Å². The molecule has 0 aromatic heterocycles. The second-order valence-electron chi connectivity index (χ2n) is 13.0. The second-order valence-corrected chi connectivity index (χ2v) is 17.4. The molecule has 1 aliphatic carbocycles. The van der Waals surface area contributed by atoms with E-state index in [0.29, 0.717) is 0 Å². The molecule has 0 atom stereocenters. The van der Waals surface area contributed by atoms with E-state index >= 15 is 0 Å². The van der Waals surface area contributed by atoms with E-state index in [1.54, 1.807) is 0 Å². The van der Waals surface area contributed by atoms with Crippen LogP contribution in [0.25, 0.3) is 22.3 Å². The van der Waals surface area contributed by atoms with Gasteiger partial charge in [0.25, 0.3) is 0 Å². The van der Waals surface area contributed by atoms with Gasteiger partial charge < -0.3 is 9.64 Å². The first-order valence-corrected chi connectivity index (χ1v) is 18.4. The third-order valence-corrected chi connectivity index (χ3v) is 13.2. The summed E-state index contributed by atoms with van der Waals surface area (Å²) >= 11 is 0. The summed E-state index contributed by atoms with van der Waals surface area (Å²) < 4.78 is 6.84. The standard InChI is InChI=1S/C41H35NOSi/c1-41(2)34-16-9-8-15-32(34)33-26-25-31(27-35(33)41)42(30-23-21-29(22-24-30)28-13-6-5-7-14-28)36-17-12-20-39-40(36)43-37-18-10-11-19-38(37)44(39,3)4/h5-27H,1-4H3. The molecule has 1 heterocycles. The van der Waals surface area contributed by atoms with E-state index < -0.39 is 8.07 Å². The van der Waals surface area contributed by atoms with Crippen molar-refractivity contribution in [3.63, 3.8) is 0 Å². The van der Waals surface area contributed by atoms with E-state index in [-0.39, 0.29) is 5.41 Å². The van der Waals surface area contributed by atoms with Crippen LogP contribution in [-0.2, 0) is 5.41 Å². The number of benzene rings is 6. The van der Waals surface area contributed by atoms with E-state index in [1.807, 2.05) is 0 Å². The van der Waals surface area contributed by atoms with Crippen molar-refractivity contribution in [1.82, 2.24) is 0 Å². The quantitative estimate of drug-likeness (QED) is 0.191. The van der Waals surface area contributed by atoms with Crippen molar-refractivity contribution in [2.75, 3.05) is 4.90 Å². The molecule has 6 aromatic rings. The van der Waals surface area contributed by atoms with Crippen molar-refractivity contribution >= 4 is 35.5 Å². The summed E-state index contributed by atoms with van der Waals surface area (Å²) in [5.74, 6) is 1.95. The number of hydrogen-bond donors (Lipinski definition) is 0. The molecule has 0 amide bonds. The van der Waals surface area contributed by atoms with Gasteiger partial charge in [0.05, 0.1) is 5.69 Å². The van der Waals surface area contributed by atoms with Crippen molar-refractivity contribution in [1.29, 1.82) is 0 Å². The number of nitrogens with zero attached hydrogens (tertiary/aromatic N) is 1. The fourth-order valence-corrected chi connectivity index (χ4v) is 10.1. The highest BCUT2D eigenvalue weighted by Gasteiger charge is 2.39. The first-order chi connectivity index (χ1) is 21.3. The average molecular weight is 586 g/mol. The van der Waals surface area contributed by atoms with Crippen molar-refractivity contribution in [2.24, 2.45) is 0 Å². The molecule has 3 heteroatoms. The predicted octanol–water partition coefficient (Wildman–Crippen LogP) is 10.1.